The minimum atomic E-state index is 0.0128. The molecule has 6 nitrogen and oxygen atoms in total. The highest BCUT2D eigenvalue weighted by Gasteiger charge is 2.34. The molecule has 0 unspecified atom stereocenters. The Bertz CT molecular complexity index is 647. The predicted octanol–water partition coefficient (Wildman–Crippen LogP) is 3.05. The molecular weight excluding hydrogens is 330 g/mol. The fourth-order valence-corrected chi connectivity index (χ4v) is 4.15. The lowest BCUT2D eigenvalue weighted by molar-refractivity contribution is -0.130. The van der Waals surface area contributed by atoms with Gasteiger partial charge >= 0.3 is 0 Å². The minimum Gasteiger partial charge on any atom is -0.360 e. The summed E-state index contributed by atoms with van der Waals surface area (Å²) in [7, 11) is 0. The number of piperidine rings is 1. The molecular formula is C20H31N3O3. The molecule has 0 saturated carbocycles. The van der Waals surface area contributed by atoms with E-state index in [1.807, 2.05) is 9.80 Å². The van der Waals surface area contributed by atoms with E-state index in [1.54, 1.807) is 6.92 Å². The molecule has 2 heterocycles. The second kappa shape index (κ2) is 8.23. The summed E-state index contributed by atoms with van der Waals surface area (Å²) >= 11 is 0. The molecule has 6 heteroatoms. The van der Waals surface area contributed by atoms with Crippen LogP contribution in [-0.4, -0.2) is 52.4 Å². The minimum absolute atomic E-state index is 0.0128. The average molecular weight is 361 g/mol. The zero-order valence-corrected chi connectivity index (χ0v) is 16.3. The molecule has 2 amide bonds. The van der Waals surface area contributed by atoms with Gasteiger partial charge in [-0.1, -0.05) is 25.4 Å². The largest absolute Gasteiger partial charge is 0.360 e. The van der Waals surface area contributed by atoms with Crippen molar-refractivity contribution in [1.82, 2.24) is 15.0 Å². The SMILES string of the molecule is CCCCN(C(=O)c1noc2c1C[C@H](C)CC2)C1CCN(C(C)=O)CC1. The number of nitrogens with zero attached hydrogens (tertiary/aromatic N) is 3. The molecule has 1 aliphatic carbocycles. The number of unbranched alkanes of at least 4 members (excludes halogenated alkanes) is 1. The smallest absolute Gasteiger partial charge is 0.276 e. The monoisotopic (exact) mass is 361 g/mol. The van der Waals surface area contributed by atoms with Gasteiger partial charge in [-0.15, -0.1) is 0 Å². The Balaban J connectivity index is 1.77. The highest BCUT2D eigenvalue weighted by Crippen LogP contribution is 2.29. The Hall–Kier alpha value is -1.85. The summed E-state index contributed by atoms with van der Waals surface area (Å²) in [6.45, 7) is 8.17. The Kier molecular flexibility index (Phi) is 5.99. The molecule has 1 fully saturated rings. The Morgan fingerprint density at radius 3 is 2.65 bits per heavy atom. The normalized spacial score (nSPS) is 20.7. The third-order valence-electron chi connectivity index (χ3n) is 5.85. The number of rotatable bonds is 5. The van der Waals surface area contributed by atoms with Gasteiger partial charge < -0.3 is 14.3 Å². The lowest BCUT2D eigenvalue weighted by atomic mass is 9.88. The number of amides is 2. The zero-order chi connectivity index (χ0) is 18.7. The third kappa shape index (κ3) is 3.94. The second-order valence-corrected chi connectivity index (χ2v) is 7.87. The summed E-state index contributed by atoms with van der Waals surface area (Å²) in [4.78, 5) is 28.8. The third-order valence-corrected chi connectivity index (χ3v) is 5.85. The van der Waals surface area contributed by atoms with Gasteiger partial charge in [0.2, 0.25) is 5.91 Å². The van der Waals surface area contributed by atoms with E-state index in [-0.39, 0.29) is 17.9 Å². The van der Waals surface area contributed by atoms with E-state index in [2.05, 4.69) is 19.0 Å². The van der Waals surface area contributed by atoms with Crippen LogP contribution in [0.5, 0.6) is 0 Å². The van der Waals surface area contributed by atoms with Gasteiger partial charge in [0.05, 0.1) is 0 Å². The molecule has 0 spiro atoms. The molecule has 144 valence electrons. The van der Waals surface area contributed by atoms with Gasteiger partial charge in [0.25, 0.3) is 5.91 Å². The first-order chi connectivity index (χ1) is 12.5. The number of hydrogen-bond donors (Lipinski definition) is 0. The van der Waals surface area contributed by atoms with E-state index in [9.17, 15) is 9.59 Å². The van der Waals surface area contributed by atoms with Gasteiger partial charge in [0, 0.05) is 44.6 Å². The van der Waals surface area contributed by atoms with Crippen LogP contribution in [0.1, 0.15) is 74.7 Å². The first kappa shape index (κ1) is 18.9. The maximum absolute atomic E-state index is 13.3. The molecule has 1 aromatic heterocycles. The van der Waals surface area contributed by atoms with E-state index in [0.29, 0.717) is 11.6 Å². The fraction of sp³-hybridized carbons (Fsp3) is 0.750. The first-order valence-electron chi connectivity index (χ1n) is 10.0. The second-order valence-electron chi connectivity index (χ2n) is 7.87. The molecule has 26 heavy (non-hydrogen) atoms. The number of carbonyl (C=O) groups is 2. The Morgan fingerprint density at radius 2 is 2.00 bits per heavy atom. The van der Waals surface area contributed by atoms with E-state index >= 15 is 0 Å². The predicted molar refractivity (Wildman–Crippen MR) is 98.9 cm³/mol. The van der Waals surface area contributed by atoms with Crippen molar-refractivity contribution >= 4 is 11.8 Å². The lowest BCUT2D eigenvalue weighted by Crippen LogP contribution is -2.49. The van der Waals surface area contributed by atoms with Crippen LogP contribution >= 0.6 is 0 Å². The van der Waals surface area contributed by atoms with Crippen molar-refractivity contribution in [3.63, 3.8) is 0 Å². The van der Waals surface area contributed by atoms with Crippen molar-refractivity contribution in [2.75, 3.05) is 19.6 Å². The first-order valence-corrected chi connectivity index (χ1v) is 10.0. The summed E-state index contributed by atoms with van der Waals surface area (Å²) in [6, 6.07) is 0.179. The number of fused-ring (bicyclic) bond motifs is 1. The van der Waals surface area contributed by atoms with Gasteiger partial charge in [-0.05, 0) is 38.0 Å². The summed E-state index contributed by atoms with van der Waals surface area (Å²) in [5.74, 6) is 1.60. The van der Waals surface area contributed by atoms with Crippen LogP contribution in [0.15, 0.2) is 4.52 Å². The van der Waals surface area contributed by atoms with Crippen LogP contribution in [0.3, 0.4) is 0 Å². The molecule has 0 bridgehead atoms. The van der Waals surface area contributed by atoms with Crippen LogP contribution < -0.4 is 0 Å². The lowest BCUT2D eigenvalue weighted by Gasteiger charge is -2.38. The van der Waals surface area contributed by atoms with Gasteiger partial charge in [-0.25, -0.2) is 0 Å². The van der Waals surface area contributed by atoms with E-state index in [1.165, 1.54) is 0 Å². The average Bonchev–Trinajstić information content (AvgIpc) is 3.05. The van der Waals surface area contributed by atoms with E-state index in [4.69, 9.17) is 4.52 Å². The van der Waals surface area contributed by atoms with Crippen molar-refractivity contribution in [2.24, 2.45) is 5.92 Å². The van der Waals surface area contributed by atoms with Crippen molar-refractivity contribution in [3.8, 4) is 0 Å². The number of aryl methyl sites for hydroxylation is 1. The van der Waals surface area contributed by atoms with E-state index < -0.39 is 0 Å². The highest BCUT2D eigenvalue weighted by molar-refractivity contribution is 5.94. The summed E-state index contributed by atoms with van der Waals surface area (Å²) in [5.41, 5.74) is 1.55. The van der Waals surface area contributed by atoms with E-state index in [0.717, 1.165) is 75.9 Å². The summed E-state index contributed by atoms with van der Waals surface area (Å²) in [5, 5.41) is 4.17. The maximum Gasteiger partial charge on any atom is 0.276 e. The molecule has 1 atom stereocenters. The molecule has 2 aliphatic rings. The van der Waals surface area contributed by atoms with Gasteiger partial charge in [0.15, 0.2) is 5.69 Å². The van der Waals surface area contributed by atoms with Crippen LogP contribution in [0.4, 0.5) is 0 Å². The maximum atomic E-state index is 13.3. The Morgan fingerprint density at radius 1 is 1.27 bits per heavy atom. The highest BCUT2D eigenvalue weighted by atomic mass is 16.5. The van der Waals surface area contributed by atoms with Crippen molar-refractivity contribution in [1.29, 1.82) is 0 Å². The van der Waals surface area contributed by atoms with Crippen molar-refractivity contribution < 1.29 is 14.1 Å². The number of carbonyl (C=O) groups excluding carboxylic acids is 2. The van der Waals surface area contributed by atoms with Crippen molar-refractivity contribution in [2.45, 2.75) is 71.8 Å². The Labute approximate surface area is 155 Å². The number of hydrogen-bond acceptors (Lipinski definition) is 4. The topological polar surface area (TPSA) is 66.7 Å². The fourth-order valence-electron chi connectivity index (χ4n) is 4.15. The van der Waals surface area contributed by atoms with Crippen LogP contribution in [0, 0.1) is 5.92 Å². The van der Waals surface area contributed by atoms with Crippen LogP contribution in [0.25, 0.3) is 0 Å². The quantitative estimate of drug-likeness (QED) is 0.808. The van der Waals surface area contributed by atoms with Gasteiger partial charge in [-0.2, -0.15) is 0 Å². The van der Waals surface area contributed by atoms with Crippen LogP contribution in [0.2, 0.25) is 0 Å². The van der Waals surface area contributed by atoms with Crippen molar-refractivity contribution in [3.05, 3.63) is 17.0 Å². The molecule has 0 radical (unpaired) electrons. The standard InChI is InChI=1S/C20H31N3O3/c1-4-5-10-23(16-8-11-22(12-9-16)15(3)24)20(25)19-17-13-14(2)6-7-18(17)26-21-19/h14,16H,4-13H2,1-3H3/t14-/m1/s1. The molecule has 0 aromatic carbocycles. The number of aromatic nitrogens is 1. The molecule has 0 N–H and O–H groups in total. The molecule has 3 rings (SSSR count). The molecule has 1 saturated heterocycles. The zero-order valence-electron chi connectivity index (χ0n) is 16.3. The van der Waals surface area contributed by atoms with Crippen LogP contribution in [-0.2, 0) is 17.6 Å². The summed E-state index contributed by atoms with van der Waals surface area (Å²) in [6.07, 6.45) is 6.56. The number of likely N-dealkylation sites (tertiary alicyclic amines) is 1. The molecule has 1 aliphatic heterocycles. The summed E-state index contributed by atoms with van der Waals surface area (Å²) < 4.78 is 5.50. The van der Waals surface area contributed by atoms with Gasteiger partial charge in [-0.3, -0.25) is 9.59 Å². The van der Waals surface area contributed by atoms with Gasteiger partial charge in [0.1, 0.15) is 5.76 Å². The molecule has 1 aromatic rings.